The number of hydrogen-bond donors (Lipinski definition) is 17. The second kappa shape index (κ2) is 55.9. The van der Waals surface area contributed by atoms with E-state index in [4.69, 9.17) is 49.4 Å². The van der Waals surface area contributed by atoms with E-state index in [-0.39, 0.29) is 166 Å². The second-order valence-electron chi connectivity index (χ2n) is 23.4. The number of nitrogens with one attached hydrogen (secondary N) is 9. The van der Waals surface area contributed by atoms with Crippen molar-refractivity contribution in [3.63, 3.8) is 0 Å². The van der Waals surface area contributed by atoms with Gasteiger partial charge in [0.15, 0.2) is 12.6 Å². The Balaban J connectivity index is 1.71. The molecule has 0 saturated carbocycles. The smallest absolute Gasteiger partial charge is 0.246 e. The number of carbonyl (C=O) groups is 10. The van der Waals surface area contributed by atoms with Gasteiger partial charge in [0, 0.05) is 97.4 Å². The molecule has 2 heterocycles. The van der Waals surface area contributed by atoms with Crippen molar-refractivity contribution in [1.29, 1.82) is 0 Å². The Morgan fingerprint density at radius 3 is 1.24 bits per heavy atom. The minimum atomic E-state index is -1.20. The lowest BCUT2D eigenvalue weighted by Gasteiger charge is -2.36. The Morgan fingerprint density at radius 1 is 0.402 bits per heavy atom. The lowest BCUT2D eigenvalue weighted by Crippen LogP contribution is -2.52. The number of aliphatic hydroxyl groups excluding tert-OH is 6. The average Bonchev–Trinajstić information content (AvgIpc) is 0.990. The molecule has 2 unspecified atom stereocenters. The minimum absolute atomic E-state index is 0.0132. The van der Waals surface area contributed by atoms with Gasteiger partial charge in [-0.15, -0.1) is 0 Å². The molecular formula is C62H113N11O24. The molecule has 0 aromatic heterocycles. The normalized spacial score (nSPS) is 19.7. The van der Waals surface area contributed by atoms with E-state index in [1.54, 1.807) is 0 Å². The summed E-state index contributed by atoms with van der Waals surface area (Å²) >= 11 is 0. The number of nitrogens with two attached hydrogens (primary N) is 2. The Labute approximate surface area is 567 Å². The van der Waals surface area contributed by atoms with E-state index in [0.717, 1.165) is 19.3 Å². The van der Waals surface area contributed by atoms with Crippen LogP contribution in [0.3, 0.4) is 0 Å². The van der Waals surface area contributed by atoms with Crippen LogP contribution in [0.15, 0.2) is 0 Å². The van der Waals surface area contributed by atoms with Crippen molar-refractivity contribution in [2.45, 2.75) is 203 Å². The predicted octanol–water partition coefficient (Wildman–Crippen LogP) is -5.23. The molecule has 10 atom stereocenters. The van der Waals surface area contributed by atoms with Crippen LogP contribution in [0.5, 0.6) is 0 Å². The van der Waals surface area contributed by atoms with Gasteiger partial charge in [0.2, 0.25) is 59.1 Å². The summed E-state index contributed by atoms with van der Waals surface area (Å²) in [5, 5.41) is 82.2. The molecule has 2 rings (SSSR count). The fraction of sp³-hybridized carbons (Fsp3) is 0.839. The van der Waals surface area contributed by atoms with Crippen molar-refractivity contribution in [3.05, 3.63) is 0 Å². The van der Waals surface area contributed by atoms with Gasteiger partial charge in [-0.3, -0.25) is 47.9 Å². The highest BCUT2D eigenvalue weighted by Crippen LogP contribution is 2.23. The molecule has 19 N–H and O–H groups in total. The van der Waals surface area contributed by atoms with Gasteiger partial charge in [-0.05, 0) is 96.4 Å². The van der Waals surface area contributed by atoms with Gasteiger partial charge in [0.05, 0.1) is 71.6 Å². The van der Waals surface area contributed by atoms with Crippen LogP contribution >= 0.6 is 0 Å². The van der Waals surface area contributed by atoms with Crippen molar-refractivity contribution >= 4 is 59.1 Å². The summed E-state index contributed by atoms with van der Waals surface area (Å²) in [6.07, 6.45) is 0.239. The van der Waals surface area contributed by atoms with E-state index in [2.05, 4.69) is 47.9 Å². The van der Waals surface area contributed by atoms with E-state index in [1.807, 2.05) is 0 Å². The largest absolute Gasteiger partial charge is 0.394 e. The van der Waals surface area contributed by atoms with Gasteiger partial charge >= 0.3 is 0 Å². The van der Waals surface area contributed by atoms with Crippen LogP contribution in [0.1, 0.15) is 141 Å². The van der Waals surface area contributed by atoms with Gasteiger partial charge in [0.1, 0.15) is 49.7 Å². The van der Waals surface area contributed by atoms with Crippen LogP contribution in [0, 0.1) is 0 Å². The average molecular weight is 1400 g/mol. The summed E-state index contributed by atoms with van der Waals surface area (Å²) in [6.45, 7) is 1.66. The Bertz CT molecular complexity index is 2230. The van der Waals surface area contributed by atoms with Gasteiger partial charge < -0.3 is 128 Å². The van der Waals surface area contributed by atoms with Crippen LogP contribution in [-0.2, 0) is 85.8 Å². The number of primary amides is 1. The third-order valence-corrected chi connectivity index (χ3v) is 15.1. The maximum atomic E-state index is 13.5. The van der Waals surface area contributed by atoms with Crippen LogP contribution in [0.4, 0.5) is 0 Å². The molecule has 35 heteroatoms. The molecule has 0 bridgehead atoms. The van der Waals surface area contributed by atoms with Crippen molar-refractivity contribution in [2.24, 2.45) is 11.5 Å². The first-order chi connectivity index (χ1) is 46.8. The topological polar surface area (TPSA) is 526 Å². The van der Waals surface area contributed by atoms with E-state index in [0.29, 0.717) is 97.0 Å². The minimum Gasteiger partial charge on any atom is -0.394 e. The molecule has 2 aliphatic rings. The molecule has 0 spiro atoms. The first-order valence-corrected chi connectivity index (χ1v) is 34.0. The second-order valence-corrected chi connectivity index (χ2v) is 23.4. The van der Waals surface area contributed by atoms with Gasteiger partial charge in [-0.1, -0.05) is 6.42 Å². The third kappa shape index (κ3) is 44.7. The summed E-state index contributed by atoms with van der Waals surface area (Å²) in [7, 11) is 0. The van der Waals surface area contributed by atoms with Crippen molar-refractivity contribution in [2.75, 3.05) is 132 Å². The van der Waals surface area contributed by atoms with E-state index in [1.165, 1.54) is 0 Å². The molecule has 97 heavy (non-hydrogen) atoms. The highest BCUT2D eigenvalue weighted by Gasteiger charge is 2.38. The summed E-state index contributed by atoms with van der Waals surface area (Å²) in [5.41, 5.74) is 11.0. The van der Waals surface area contributed by atoms with Crippen LogP contribution in [-0.4, -0.2) is 283 Å². The maximum absolute atomic E-state index is 13.5. The van der Waals surface area contributed by atoms with Crippen molar-refractivity contribution < 1.29 is 116 Å². The molecule has 0 radical (unpaired) electrons. The Kier molecular flexibility index (Phi) is 50.3. The zero-order chi connectivity index (χ0) is 71.3. The molecule has 2 saturated heterocycles. The summed E-state index contributed by atoms with van der Waals surface area (Å²) in [6, 6.07) is -2.26. The summed E-state index contributed by atoms with van der Waals surface area (Å²) in [4.78, 5) is 125. The van der Waals surface area contributed by atoms with Crippen molar-refractivity contribution in [3.8, 4) is 0 Å². The lowest BCUT2D eigenvalue weighted by atomic mass is 10.0. The van der Waals surface area contributed by atoms with E-state index < -0.39 is 111 Å². The molecule has 10 amide bonds. The quantitative estimate of drug-likeness (QED) is 0.0253. The number of aliphatic hydroxyl groups is 6. The van der Waals surface area contributed by atoms with Crippen LogP contribution < -0.4 is 59.3 Å². The van der Waals surface area contributed by atoms with E-state index in [9.17, 15) is 78.6 Å². The van der Waals surface area contributed by atoms with Gasteiger partial charge in [-0.2, -0.15) is 0 Å². The molecular weight excluding hydrogens is 1280 g/mol. The number of hydrogen-bond acceptors (Lipinski definition) is 25. The first kappa shape index (κ1) is 87.2. The number of amides is 10. The number of carbonyl (C=O) groups excluding carboxylic acids is 10. The molecule has 2 aliphatic heterocycles. The molecule has 35 nitrogen and oxygen atoms in total. The standard InChI is InChI=1S/C62H113N11O24/c63-21-5-1-2-16-49(78)69-26-30-90-32-34-92-41-55(84)70-27-31-91-33-35-93-42-56(85)73-44(15-4-7-23-66-51(80)18-13-20-53(82)68-25-9-11-29-95-58-37-46(77)60(87)48(40-75)97-58)62(89)71-38-54(83)72-43(61(64)88)14-3-6-22-65-50(79)17-12-19-52(81)67-24-8-10-28-94-57-36-45(76)59(86)47(39-74)96-57/h43-48,57-60,74-77,86-87H,1-42,63H2,(H2,64,88)(H,65,79)(H,66,80)(H,67,81)(H,68,82)(H,69,78)(H,70,84)(H,71,89)(H,72,83)(H,73,85)/t43?,44?,45-,46-,47-,48-,57-,58-,59-,60-/m1/s1. The predicted molar refractivity (Wildman–Crippen MR) is 345 cm³/mol. The van der Waals surface area contributed by atoms with Gasteiger partial charge in [-0.25, -0.2) is 0 Å². The zero-order valence-corrected chi connectivity index (χ0v) is 56.2. The van der Waals surface area contributed by atoms with Crippen LogP contribution in [0.25, 0.3) is 0 Å². The fourth-order valence-corrected chi connectivity index (χ4v) is 9.63. The monoisotopic (exact) mass is 1400 g/mol. The summed E-state index contributed by atoms with van der Waals surface area (Å²) in [5.74, 6) is -4.39. The number of ether oxygens (including phenoxy) is 8. The highest BCUT2D eigenvalue weighted by atomic mass is 16.7. The Hall–Kier alpha value is -5.90. The van der Waals surface area contributed by atoms with Gasteiger partial charge in [0.25, 0.3) is 0 Å². The highest BCUT2D eigenvalue weighted by molar-refractivity contribution is 5.92. The molecule has 0 aromatic rings. The molecule has 0 aromatic carbocycles. The molecule has 2 fully saturated rings. The fourth-order valence-electron chi connectivity index (χ4n) is 9.63. The third-order valence-electron chi connectivity index (χ3n) is 15.1. The maximum Gasteiger partial charge on any atom is 0.246 e. The van der Waals surface area contributed by atoms with Crippen molar-refractivity contribution in [1.82, 2.24) is 47.9 Å². The molecule has 560 valence electrons. The molecule has 0 aliphatic carbocycles. The lowest BCUT2D eigenvalue weighted by molar-refractivity contribution is -0.257. The zero-order valence-electron chi connectivity index (χ0n) is 56.2. The number of rotatable bonds is 59. The first-order valence-electron chi connectivity index (χ1n) is 34.0. The SMILES string of the molecule is NCCCCCC(=O)NCCOCCOCC(=O)NCCOCCOCC(=O)NC(CCCCNC(=O)CCCC(=O)NCCCCO[C@H]1C[C@@H](O)[C@@H](O)[C@@H](CO)O1)C(=O)NCC(=O)NC(CCCCNC(=O)CCCC(=O)NCCCCO[C@H]1C[C@@H](O)[C@@H](O)[C@@H](CO)O1)C(N)=O. The van der Waals surface area contributed by atoms with Crippen LogP contribution in [0.2, 0.25) is 0 Å². The Morgan fingerprint density at radius 2 is 0.794 bits per heavy atom. The van der Waals surface area contributed by atoms with E-state index >= 15 is 0 Å². The summed E-state index contributed by atoms with van der Waals surface area (Å²) < 4.78 is 43.6. The number of unbranched alkanes of at least 4 members (excludes halogenated alkanes) is 6.